The number of rotatable bonds is 3. The van der Waals surface area contributed by atoms with Gasteiger partial charge in [0.1, 0.15) is 5.78 Å². The van der Waals surface area contributed by atoms with Crippen molar-refractivity contribution in [1.82, 2.24) is 4.57 Å². The van der Waals surface area contributed by atoms with Crippen LogP contribution in [-0.4, -0.2) is 21.4 Å². The Hall–Kier alpha value is -2.10. The lowest BCUT2D eigenvalue weighted by Gasteiger charge is -2.14. The number of aryl methyl sites for hydroxylation is 1. The minimum atomic E-state index is -0.793. The second-order valence-corrected chi connectivity index (χ2v) is 4.95. The lowest BCUT2D eigenvalue weighted by atomic mass is 9.94. The first-order valence-corrected chi connectivity index (χ1v) is 6.49. The first kappa shape index (κ1) is 12.0. The van der Waals surface area contributed by atoms with Gasteiger partial charge in [0.2, 0.25) is 0 Å². The van der Waals surface area contributed by atoms with Gasteiger partial charge in [0.15, 0.2) is 0 Å². The van der Waals surface area contributed by atoms with Crippen LogP contribution in [0.3, 0.4) is 0 Å². The molecule has 0 spiro atoms. The van der Waals surface area contributed by atoms with Gasteiger partial charge in [0.05, 0.1) is 6.42 Å². The highest BCUT2D eigenvalue weighted by Gasteiger charge is 2.23. The summed E-state index contributed by atoms with van der Waals surface area (Å²) < 4.78 is 2.07. The highest BCUT2D eigenvalue weighted by molar-refractivity contribution is 5.93. The molecule has 1 aliphatic carbocycles. The third-order valence-electron chi connectivity index (χ3n) is 3.76. The number of aliphatic carboxylic acids is 1. The van der Waals surface area contributed by atoms with E-state index in [-0.39, 0.29) is 12.2 Å². The van der Waals surface area contributed by atoms with E-state index in [1.54, 1.807) is 0 Å². The van der Waals surface area contributed by atoms with Crippen molar-refractivity contribution in [3.05, 3.63) is 35.5 Å². The largest absolute Gasteiger partial charge is 0.481 e. The maximum absolute atomic E-state index is 11.6. The summed E-state index contributed by atoms with van der Waals surface area (Å²) in [6, 6.07) is 7.93. The Morgan fingerprint density at radius 2 is 2.05 bits per heavy atom. The van der Waals surface area contributed by atoms with E-state index in [1.807, 2.05) is 24.3 Å². The number of para-hydroxylation sites is 1. The highest BCUT2D eigenvalue weighted by atomic mass is 16.4. The smallest absolute Gasteiger partial charge is 0.305 e. The number of hydrogen-bond acceptors (Lipinski definition) is 2. The zero-order valence-corrected chi connectivity index (χ0v) is 10.6. The Labute approximate surface area is 110 Å². The summed E-state index contributed by atoms with van der Waals surface area (Å²) in [5.41, 5.74) is 3.28. The van der Waals surface area contributed by atoms with Gasteiger partial charge < -0.3 is 9.67 Å². The van der Waals surface area contributed by atoms with Crippen molar-refractivity contribution < 1.29 is 14.7 Å². The number of aromatic nitrogens is 1. The van der Waals surface area contributed by atoms with Crippen molar-refractivity contribution in [3.8, 4) is 0 Å². The number of hydrogen-bond donors (Lipinski definition) is 1. The number of Topliss-reactive ketones (excluding diaryl/α,β-unsaturated/α-hetero) is 1. The van der Waals surface area contributed by atoms with E-state index < -0.39 is 5.97 Å². The van der Waals surface area contributed by atoms with E-state index in [1.165, 1.54) is 0 Å². The van der Waals surface area contributed by atoms with Gasteiger partial charge in [0.25, 0.3) is 0 Å². The lowest BCUT2D eigenvalue weighted by molar-refractivity contribution is -0.137. The minimum absolute atomic E-state index is 0.110. The molecule has 1 heterocycles. The van der Waals surface area contributed by atoms with Crippen molar-refractivity contribution in [2.75, 3.05) is 0 Å². The Morgan fingerprint density at radius 3 is 2.84 bits per heavy atom. The average molecular weight is 257 g/mol. The number of fused-ring (bicyclic) bond motifs is 3. The fourth-order valence-electron chi connectivity index (χ4n) is 2.92. The van der Waals surface area contributed by atoms with E-state index >= 15 is 0 Å². The molecule has 0 saturated heterocycles. The van der Waals surface area contributed by atoms with Gasteiger partial charge in [-0.3, -0.25) is 9.59 Å². The fraction of sp³-hybridized carbons (Fsp3) is 0.333. The molecule has 2 aromatic rings. The summed E-state index contributed by atoms with van der Waals surface area (Å²) in [4.78, 5) is 22.4. The summed E-state index contributed by atoms with van der Waals surface area (Å²) in [7, 11) is 0. The maximum atomic E-state index is 11.6. The molecule has 1 aromatic carbocycles. The summed E-state index contributed by atoms with van der Waals surface area (Å²) in [5, 5.41) is 9.96. The molecule has 0 aliphatic heterocycles. The Bertz CT molecular complexity index is 669. The molecule has 4 nitrogen and oxygen atoms in total. The molecule has 0 fully saturated rings. The van der Waals surface area contributed by atoms with Crippen LogP contribution in [-0.2, 0) is 29.0 Å². The molecule has 0 saturated carbocycles. The van der Waals surface area contributed by atoms with Crippen molar-refractivity contribution in [3.63, 3.8) is 0 Å². The summed E-state index contributed by atoms with van der Waals surface area (Å²) >= 11 is 0. The normalized spacial score (nSPS) is 14.6. The second kappa shape index (κ2) is 4.53. The van der Waals surface area contributed by atoms with Crippen molar-refractivity contribution in [2.24, 2.45) is 0 Å². The zero-order chi connectivity index (χ0) is 13.4. The van der Waals surface area contributed by atoms with Crippen LogP contribution >= 0.6 is 0 Å². The number of ketones is 1. The van der Waals surface area contributed by atoms with Crippen molar-refractivity contribution in [1.29, 1.82) is 0 Å². The molecule has 3 rings (SSSR count). The van der Waals surface area contributed by atoms with E-state index in [0.717, 1.165) is 28.6 Å². The number of nitrogens with zero attached hydrogens (tertiary/aromatic N) is 1. The monoisotopic (exact) mass is 257 g/mol. The first-order chi connectivity index (χ1) is 9.16. The van der Waals surface area contributed by atoms with Gasteiger partial charge in [-0.05, 0) is 18.1 Å². The second-order valence-electron chi connectivity index (χ2n) is 4.95. The molecule has 0 radical (unpaired) electrons. The molecular formula is C15H15NO3. The van der Waals surface area contributed by atoms with E-state index in [9.17, 15) is 9.59 Å². The molecule has 1 aliphatic rings. The fourth-order valence-corrected chi connectivity index (χ4v) is 2.92. The van der Waals surface area contributed by atoms with E-state index in [0.29, 0.717) is 19.4 Å². The average Bonchev–Trinajstić information content (AvgIpc) is 2.70. The number of carboxylic acids is 1. The van der Waals surface area contributed by atoms with Gasteiger partial charge in [-0.25, -0.2) is 0 Å². The van der Waals surface area contributed by atoms with Gasteiger partial charge in [-0.2, -0.15) is 0 Å². The molecule has 0 bridgehead atoms. The standard InChI is InChI=1S/C15H15NO3/c17-10-5-6-14-12(9-10)11-3-1-2-4-13(11)16(14)8-7-15(18)19/h1-4H,5-9H2,(H,18,19). The van der Waals surface area contributed by atoms with Gasteiger partial charge in [-0.1, -0.05) is 18.2 Å². The van der Waals surface area contributed by atoms with Gasteiger partial charge >= 0.3 is 5.97 Å². The third-order valence-corrected chi connectivity index (χ3v) is 3.76. The molecule has 0 amide bonds. The van der Waals surface area contributed by atoms with Crippen LogP contribution in [0.5, 0.6) is 0 Å². The predicted octanol–water partition coefficient (Wildman–Crippen LogP) is 2.17. The summed E-state index contributed by atoms with van der Waals surface area (Å²) in [6.45, 7) is 0.472. The lowest BCUT2D eigenvalue weighted by Crippen LogP contribution is -2.16. The molecule has 19 heavy (non-hydrogen) atoms. The number of benzene rings is 1. The molecule has 1 aromatic heterocycles. The van der Waals surface area contributed by atoms with Crippen LogP contribution in [0.4, 0.5) is 0 Å². The van der Waals surface area contributed by atoms with Crippen LogP contribution in [0.25, 0.3) is 10.9 Å². The molecule has 0 atom stereocenters. The first-order valence-electron chi connectivity index (χ1n) is 6.49. The van der Waals surface area contributed by atoms with Crippen LogP contribution in [0, 0.1) is 0 Å². The van der Waals surface area contributed by atoms with Crippen LogP contribution in [0.15, 0.2) is 24.3 Å². The SMILES string of the molecule is O=C(O)CCn1c2c(c3ccccc31)CC(=O)CC2. The molecule has 1 N–H and O–H groups in total. The van der Waals surface area contributed by atoms with Gasteiger partial charge in [-0.15, -0.1) is 0 Å². The van der Waals surface area contributed by atoms with E-state index in [4.69, 9.17) is 5.11 Å². The number of carboxylic acid groups (broad SMARTS) is 1. The number of carbonyl (C=O) groups excluding carboxylic acids is 1. The van der Waals surface area contributed by atoms with Crippen molar-refractivity contribution in [2.45, 2.75) is 32.2 Å². The summed E-state index contributed by atoms with van der Waals surface area (Å²) in [6.07, 6.45) is 1.88. The summed E-state index contributed by atoms with van der Waals surface area (Å²) in [5.74, 6) is -0.521. The van der Waals surface area contributed by atoms with Crippen LogP contribution in [0.2, 0.25) is 0 Å². The predicted molar refractivity (Wildman–Crippen MR) is 71.2 cm³/mol. The molecule has 98 valence electrons. The topological polar surface area (TPSA) is 59.3 Å². The quantitative estimate of drug-likeness (QED) is 0.916. The Balaban J connectivity index is 2.14. The number of carbonyl (C=O) groups is 2. The molecular weight excluding hydrogens is 242 g/mol. The Kier molecular flexibility index (Phi) is 2.85. The van der Waals surface area contributed by atoms with Crippen LogP contribution < -0.4 is 0 Å². The van der Waals surface area contributed by atoms with Crippen molar-refractivity contribution >= 4 is 22.7 Å². The third kappa shape index (κ3) is 2.03. The highest BCUT2D eigenvalue weighted by Crippen LogP contribution is 2.31. The van der Waals surface area contributed by atoms with Crippen LogP contribution in [0.1, 0.15) is 24.1 Å². The molecule has 4 heteroatoms. The van der Waals surface area contributed by atoms with Gasteiger partial charge in [0, 0.05) is 36.0 Å². The zero-order valence-electron chi connectivity index (χ0n) is 10.6. The minimum Gasteiger partial charge on any atom is -0.481 e. The van der Waals surface area contributed by atoms with E-state index in [2.05, 4.69) is 4.57 Å². The Morgan fingerprint density at radius 1 is 1.26 bits per heavy atom. The molecule has 0 unspecified atom stereocenters. The maximum Gasteiger partial charge on any atom is 0.305 e.